The number of phenols is 1. The molecule has 0 spiro atoms. The Morgan fingerprint density at radius 1 is 1.24 bits per heavy atom. The zero-order valence-electron chi connectivity index (χ0n) is 12.8. The van der Waals surface area contributed by atoms with Gasteiger partial charge in [-0.05, 0) is 52.0 Å². The van der Waals surface area contributed by atoms with Crippen molar-refractivity contribution >= 4 is 0 Å². The first-order valence-corrected chi connectivity index (χ1v) is 7.60. The van der Waals surface area contributed by atoms with Gasteiger partial charge in [-0.15, -0.1) is 0 Å². The van der Waals surface area contributed by atoms with Gasteiger partial charge in [-0.1, -0.05) is 0 Å². The molecule has 0 amide bonds. The Kier molecular flexibility index (Phi) is 4.22. The van der Waals surface area contributed by atoms with Crippen LogP contribution in [-0.4, -0.2) is 55.4 Å². The van der Waals surface area contributed by atoms with Crippen LogP contribution in [0.4, 0.5) is 0 Å². The molecule has 1 fully saturated rings. The van der Waals surface area contributed by atoms with Crippen molar-refractivity contribution in [2.75, 3.05) is 40.5 Å². The van der Waals surface area contributed by atoms with Crippen molar-refractivity contribution in [1.29, 1.82) is 0 Å². The quantitative estimate of drug-likeness (QED) is 0.918. The number of likely N-dealkylation sites (tertiary alicyclic amines) is 1. The van der Waals surface area contributed by atoms with Crippen LogP contribution in [0.25, 0.3) is 0 Å². The Labute approximate surface area is 126 Å². The highest BCUT2D eigenvalue weighted by atomic mass is 16.7. The van der Waals surface area contributed by atoms with Gasteiger partial charge in [0.2, 0.25) is 6.79 Å². The minimum atomic E-state index is 0.240. The average Bonchev–Trinajstić information content (AvgIpc) is 2.89. The lowest BCUT2D eigenvalue weighted by molar-refractivity contribution is 0.172. The summed E-state index contributed by atoms with van der Waals surface area (Å²) in [6, 6.07) is 3.55. The van der Waals surface area contributed by atoms with Gasteiger partial charge < -0.3 is 24.4 Å². The fourth-order valence-corrected chi connectivity index (χ4v) is 3.14. The third kappa shape index (κ3) is 3.41. The summed E-state index contributed by atoms with van der Waals surface area (Å²) in [5.74, 6) is 2.40. The molecule has 0 radical (unpaired) electrons. The lowest BCUT2D eigenvalue weighted by Gasteiger charge is -2.31. The van der Waals surface area contributed by atoms with Gasteiger partial charge in [-0.2, -0.15) is 0 Å². The van der Waals surface area contributed by atoms with E-state index in [2.05, 4.69) is 23.9 Å². The molecule has 5 heteroatoms. The van der Waals surface area contributed by atoms with Crippen molar-refractivity contribution in [3.8, 4) is 17.2 Å². The van der Waals surface area contributed by atoms with Gasteiger partial charge in [0.25, 0.3) is 0 Å². The van der Waals surface area contributed by atoms with E-state index in [1.54, 1.807) is 6.07 Å². The standard InChI is InChI=1S/C16H24N2O3/c1-17-5-3-12(4-6-17)9-18(2)10-13-7-15-16(8-14(13)19)21-11-20-15/h7-8,12,19H,3-6,9-11H2,1-2H3. The number of aromatic hydroxyl groups is 1. The number of benzene rings is 1. The monoisotopic (exact) mass is 292 g/mol. The van der Waals surface area contributed by atoms with E-state index in [1.165, 1.54) is 25.9 Å². The van der Waals surface area contributed by atoms with E-state index >= 15 is 0 Å². The Morgan fingerprint density at radius 3 is 2.62 bits per heavy atom. The van der Waals surface area contributed by atoms with Crippen LogP contribution in [0.5, 0.6) is 17.2 Å². The predicted molar refractivity (Wildman–Crippen MR) is 80.8 cm³/mol. The highest BCUT2D eigenvalue weighted by Gasteiger charge is 2.20. The first-order valence-electron chi connectivity index (χ1n) is 7.60. The molecule has 3 rings (SSSR count). The summed E-state index contributed by atoms with van der Waals surface area (Å²) in [4.78, 5) is 4.67. The third-order valence-corrected chi connectivity index (χ3v) is 4.42. The van der Waals surface area contributed by atoms with Gasteiger partial charge in [0.1, 0.15) is 5.75 Å². The highest BCUT2D eigenvalue weighted by Crippen LogP contribution is 2.38. The number of hydrogen-bond acceptors (Lipinski definition) is 5. The van der Waals surface area contributed by atoms with Gasteiger partial charge >= 0.3 is 0 Å². The van der Waals surface area contributed by atoms with E-state index < -0.39 is 0 Å². The van der Waals surface area contributed by atoms with Crippen molar-refractivity contribution < 1.29 is 14.6 Å². The van der Waals surface area contributed by atoms with Crippen LogP contribution in [0.1, 0.15) is 18.4 Å². The molecule has 1 aromatic carbocycles. The molecule has 1 N–H and O–H groups in total. The van der Waals surface area contributed by atoms with E-state index in [0.29, 0.717) is 5.75 Å². The summed E-state index contributed by atoms with van der Waals surface area (Å²) in [5, 5.41) is 10.1. The van der Waals surface area contributed by atoms with Crippen molar-refractivity contribution in [2.24, 2.45) is 5.92 Å². The Balaban J connectivity index is 1.58. The highest BCUT2D eigenvalue weighted by molar-refractivity contribution is 5.51. The maximum absolute atomic E-state index is 10.1. The van der Waals surface area contributed by atoms with Crippen LogP contribution < -0.4 is 9.47 Å². The van der Waals surface area contributed by atoms with Crippen LogP contribution in [0.3, 0.4) is 0 Å². The molecule has 0 aliphatic carbocycles. The molecule has 2 aliphatic heterocycles. The molecule has 21 heavy (non-hydrogen) atoms. The topological polar surface area (TPSA) is 45.2 Å². The minimum absolute atomic E-state index is 0.240. The fraction of sp³-hybridized carbons (Fsp3) is 0.625. The molecule has 5 nitrogen and oxygen atoms in total. The number of rotatable bonds is 4. The first kappa shape index (κ1) is 14.5. The van der Waals surface area contributed by atoms with Crippen LogP contribution in [-0.2, 0) is 6.54 Å². The van der Waals surface area contributed by atoms with E-state index in [0.717, 1.165) is 30.3 Å². The molecule has 1 saturated heterocycles. The van der Waals surface area contributed by atoms with E-state index in [4.69, 9.17) is 9.47 Å². The molecular formula is C16H24N2O3. The number of phenolic OH excluding ortho intramolecular Hbond substituents is 1. The third-order valence-electron chi connectivity index (χ3n) is 4.42. The summed E-state index contributed by atoms with van der Waals surface area (Å²) in [6.45, 7) is 4.42. The van der Waals surface area contributed by atoms with Crippen molar-refractivity contribution in [1.82, 2.24) is 9.80 Å². The Bertz CT molecular complexity index is 499. The van der Waals surface area contributed by atoms with Gasteiger partial charge in [0.05, 0.1) is 0 Å². The lowest BCUT2D eigenvalue weighted by Crippen LogP contribution is -2.35. The van der Waals surface area contributed by atoms with E-state index in [9.17, 15) is 5.11 Å². The minimum Gasteiger partial charge on any atom is -0.507 e. The molecule has 0 saturated carbocycles. The molecule has 0 atom stereocenters. The summed E-state index contributed by atoms with van der Waals surface area (Å²) in [5.41, 5.74) is 0.898. The van der Waals surface area contributed by atoms with Crippen LogP contribution >= 0.6 is 0 Å². The summed E-state index contributed by atoms with van der Waals surface area (Å²) in [6.07, 6.45) is 2.52. The van der Waals surface area contributed by atoms with Gasteiger partial charge in [0, 0.05) is 24.7 Å². The first-order chi connectivity index (χ1) is 10.1. The fourth-order valence-electron chi connectivity index (χ4n) is 3.14. The smallest absolute Gasteiger partial charge is 0.231 e. The zero-order valence-corrected chi connectivity index (χ0v) is 12.8. The lowest BCUT2D eigenvalue weighted by atomic mass is 9.96. The molecule has 2 heterocycles. The van der Waals surface area contributed by atoms with Crippen LogP contribution in [0.2, 0.25) is 0 Å². The molecule has 1 aromatic rings. The van der Waals surface area contributed by atoms with Crippen LogP contribution in [0.15, 0.2) is 12.1 Å². The largest absolute Gasteiger partial charge is 0.507 e. The SMILES string of the molecule is CN1CCC(CN(C)Cc2cc3c(cc2O)OCO3)CC1. The maximum atomic E-state index is 10.1. The number of fused-ring (bicyclic) bond motifs is 1. The number of hydrogen-bond donors (Lipinski definition) is 1. The Hall–Kier alpha value is -1.46. The second-order valence-electron chi connectivity index (χ2n) is 6.28. The molecule has 2 aliphatic rings. The molecule has 0 unspecified atom stereocenters. The van der Waals surface area contributed by atoms with Gasteiger partial charge in [0.15, 0.2) is 11.5 Å². The number of nitrogens with zero attached hydrogens (tertiary/aromatic N) is 2. The predicted octanol–water partition coefficient (Wildman–Crippen LogP) is 1.89. The average molecular weight is 292 g/mol. The van der Waals surface area contributed by atoms with Crippen LogP contribution in [0, 0.1) is 5.92 Å². The van der Waals surface area contributed by atoms with Crippen molar-refractivity contribution in [2.45, 2.75) is 19.4 Å². The van der Waals surface area contributed by atoms with Gasteiger partial charge in [-0.3, -0.25) is 0 Å². The normalized spacial score (nSPS) is 19.4. The number of ether oxygens (including phenoxy) is 2. The van der Waals surface area contributed by atoms with E-state index in [1.807, 2.05) is 6.07 Å². The molecule has 0 aromatic heterocycles. The molecule has 116 valence electrons. The van der Waals surface area contributed by atoms with Crippen molar-refractivity contribution in [3.05, 3.63) is 17.7 Å². The summed E-state index contributed by atoms with van der Waals surface area (Å²) < 4.78 is 10.7. The second kappa shape index (κ2) is 6.12. The summed E-state index contributed by atoms with van der Waals surface area (Å²) in [7, 11) is 4.30. The summed E-state index contributed by atoms with van der Waals surface area (Å²) >= 11 is 0. The second-order valence-corrected chi connectivity index (χ2v) is 6.28. The Morgan fingerprint density at radius 2 is 1.90 bits per heavy atom. The number of piperidine rings is 1. The van der Waals surface area contributed by atoms with Gasteiger partial charge in [-0.25, -0.2) is 0 Å². The van der Waals surface area contributed by atoms with E-state index in [-0.39, 0.29) is 12.5 Å². The molecular weight excluding hydrogens is 268 g/mol. The zero-order chi connectivity index (χ0) is 14.8. The maximum Gasteiger partial charge on any atom is 0.231 e. The van der Waals surface area contributed by atoms with Crippen molar-refractivity contribution in [3.63, 3.8) is 0 Å². The molecule has 0 bridgehead atoms.